The summed E-state index contributed by atoms with van der Waals surface area (Å²) >= 11 is 6.06. The summed E-state index contributed by atoms with van der Waals surface area (Å²) in [5.74, 6) is -0.368. The maximum Gasteiger partial charge on any atom is 0.166 e. The predicted molar refractivity (Wildman–Crippen MR) is 86.8 cm³/mol. The molecule has 2 fully saturated rings. The molecule has 1 aromatic carbocycles. The Kier molecular flexibility index (Phi) is 5.21. The van der Waals surface area contributed by atoms with Gasteiger partial charge < -0.3 is 10.4 Å². The van der Waals surface area contributed by atoms with Crippen molar-refractivity contribution < 1.29 is 9.50 Å². The highest BCUT2D eigenvalue weighted by molar-refractivity contribution is 6.30. The van der Waals surface area contributed by atoms with Crippen LogP contribution < -0.4 is 5.32 Å². The second kappa shape index (κ2) is 7.16. The molecule has 0 unspecified atom stereocenters. The van der Waals surface area contributed by atoms with E-state index in [1.54, 1.807) is 6.07 Å². The van der Waals surface area contributed by atoms with Crippen LogP contribution in [0.4, 0.5) is 4.39 Å². The van der Waals surface area contributed by atoms with Crippen LogP contribution >= 0.6 is 11.6 Å². The molecule has 0 aromatic heterocycles. The number of hydrogen-bond acceptors (Lipinski definition) is 3. The van der Waals surface area contributed by atoms with E-state index < -0.39 is 5.82 Å². The quantitative estimate of drug-likeness (QED) is 0.888. The van der Waals surface area contributed by atoms with Crippen molar-refractivity contribution in [3.05, 3.63) is 28.5 Å². The number of phenolic OH excluding ortho intramolecular Hbond substituents is 1. The lowest BCUT2D eigenvalue weighted by molar-refractivity contribution is 0.101. The number of aromatic hydroxyl groups is 1. The third-order valence-electron chi connectivity index (χ3n) is 5.02. The molecule has 1 saturated carbocycles. The van der Waals surface area contributed by atoms with E-state index in [0.717, 1.165) is 39.0 Å². The Balaban J connectivity index is 1.96. The molecule has 3 nitrogen and oxygen atoms in total. The van der Waals surface area contributed by atoms with Crippen LogP contribution in [0.5, 0.6) is 5.75 Å². The Labute approximate surface area is 136 Å². The molecule has 2 N–H and O–H groups in total. The molecule has 2 aliphatic rings. The van der Waals surface area contributed by atoms with Crippen LogP contribution in [0.15, 0.2) is 12.1 Å². The van der Waals surface area contributed by atoms with Crippen molar-refractivity contribution in [1.82, 2.24) is 10.2 Å². The molecular formula is C17H24ClFN2O. The van der Waals surface area contributed by atoms with Crippen molar-refractivity contribution in [2.24, 2.45) is 5.92 Å². The molecule has 1 aliphatic heterocycles. The minimum absolute atomic E-state index is 0.0654. The Morgan fingerprint density at radius 2 is 1.86 bits per heavy atom. The zero-order valence-electron chi connectivity index (χ0n) is 12.8. The monoisotopic (exact) mass is 326 g/mol. The normalized spacial score (nSPS) is 22.6. The molecule has 122 valence electrons. The van der Waals surface area contributed by atoms with E-state index in [4.69, 9.17) is 11.6 Å². The summed E-state index contributed by atoms with van der Waals surface area (Å²) < 4.78 is 14.0. The summed E-state index contributed by atoms with van der Waals surface area (Å²) in [7, 11) is 0. The summed E-state index contributed by atoms with van der Waals surface area (Å²) in [5.41, 5.74) is 0.666. The summed E-state index contributed by atoms with van der Waals surface area (Å²) in [5, 5.41) is 14.0. The molecule has 1 saturated heterocycles. The zero-order valence-corrected chi connectivity index (χ0v) is 13.6. The number of nitrogens with one attached hydrogen (secondary N) is 1. The first-order valence-electron chi connectivity index (χ1n) is 8.29. The zero-order chi connectivity index (χ0) is 15.5. The Hall–Kier alpha value is -0.840. The first kappa shape index (κ1) is 16.0. The third kappa shape index (κ3) is 3.39. The molecule has 22 heavy (non-hydrogen) atoms. The van der Waals surface area contributed by atoms with Crippen LogP contribution in [-0.2, 0) is 0 Å². The van der Waals surface area contributed by atoms with Gasteiger partial charge in [-0.05, 0) is 30.9 Å². The van der Waals surface area contributed by atoms with E-state index in [-0.39, 0.29) is 11.8 Å². The Morgan fingerprint density at radius 1 is 1.18 bits per heavy atom. The van der Waals surface area contributed by atoms with Gasteiger partial charge >= 0.3 is 0 Å². The van der Waals surface area contributed by atoms with Crippen molar-refractivity contribution in [2.45, 2.75) is 38.1 Å². The SMILES string of the molecule is Oc1c(F)cc(Cl)cc1[C@H](C1CCCCC1)N1CCNCC1. The van der Waals surface area contributed by atoms with Crippen molar-refractivity contribution in [3.8, 4) is 5.75 Å². The highest BCUT2D eigenvalue weighted by atomic mass is 35.5. The standard InChI is InChI=1S/C17H24ClFN2O/c18-13-10-14(17(22)15(19)11-13)16(12-4-2-1-3-5-12)21-8-6-20-7-9-21/h10-12,16,20,22H,1-9H2/t16-/m0/s1. The fraction of sp³-hybridized carbons (Fsp3) is 0.647. The van der Waals surface area contributed by atoms with Gasteiger partial charge in [-0.1, -0.05) is 30.9 Å². The van der Waals surface area contributed by atoms with Gasteiger partial charge in [0.2, 0.25) is 0 Å². The van der Waals surface area contributed by atoms with E-state index in [0.29, 0.717) is 16.5 Å². The van der Waals surface area contributed by atoms with Crippen LogP contribution in [0, 0.1) is 11.7 Å². The molecular weight excluding hydrogens is 303 g/mol. The molecule has 0 amide bonds. The van der Waals surface area contributed by atoms with Gasteiger partial charge in [-0.25, -0.2) is 4.39 Å². The minimum Gasteiger partial charge on any atom is -0.505 e. The lowest BCUT2D eigenvalue weighted by atomic mass is 9.80. The van der Waals surface area contributed by atoms with Gasteiger partial charge in [0.05, 0.1) is 0 Å². The van der Waals surface area contributed by atoms with Crippen LogP contribution in [-0.4, -0.2) is 36.2 Å². The van der Waals surface area contributed by atoms with Gasteiger partial charge in [-0.3, -0.25) is 4.90 Å². The van der Waals surface area contributed by atoms with Gasteiger partial charge in [0.1, 0.15) is 0 Å². The van der Waals surface area contributed by atoms with Crippen molar-refractivity contribution >= 4 is 11.6 Å². The Morgan fingerprint density at radius 3 is 2.55 bits per heavy atom. The Bertz CT molecular complexity index is 496. The molecule has 0 radical (unpaired) electrons. The molecule has 0 spiro atoms. The lowest BCUT2D eigenvalue weighted by Gasteiger charge is -2.41. The summed E-state index contributed by atoms with van der Waals surface area (Å²) in [6.45, 7) is 3.73. The smallest absolute Gasteiger partial charge is 0.166 e. The molecule has 1 aliphatic carbocycles. The van der Waals surface area contributed by atoms with Crippen LogP contribution in [0.2, 0.25) is 5.02 Å². The van der Waals surface area contributed by atoms with Crippen LogP contribution in [0.1, 0.15) is 43.7 Å². The van der Waals surface area contributed by atoms with Gasteiger partial charge in [0.15, 0.2) is 11.6 Å². The summed E-state index contributed by atoms with van der Waals surface area (Å²) in [4.78, 5) is 2.39. The number of hydrogen-bond donors (Lipinski definition) is 2. The number of nitrogens with zero attached hydrogens (tertiary/aromatic N) is 1. The lowest BCUT2D eigenvalue weighted by Crippen LogP contribution is -2.47. The van der Waals surface area contributed by atoms with Crippen molar-refractivity contribution in [1.29, 1.82) is 0 Å². The van der Waals surface area contributed by atoms with Crippen LogP contribution in [0.3, 0.4) is 0 Å². The first-order valence-corrected chi connectivity index (χ1v) is 8.67. The largest absolute Gasteiger partial charge is 0.505 e. The van der Waals surface area contributed by atoms with Gasteiger partial charge in [0, 0.05) is 42.8 Å². The van der Waals surface area contributed by atoms with Gasteiger partial charge in [0.25, 0.3) is 0 Å². The average molecular weight is 327 g/mol. The molecule has 0 bridgehead atoms. The van der Waals surface area contributed by atoms with E-state index in [9.17, 15) is 9.50 Å². The summed E-state index contributed by atoms with van der Waals surface area (Å²) in [6, 6.07) is 3.01. The fourth-order valence-electron chi connectivity index (χ4n) is 3.97. The highest BCUT2D eigenvalue weighted by Crippen LogP contribution is 2.43. The van der Waals surface area contributed by atoms with Crippen LogP contribution in [0.25, 0.3) is 0 Å². The van der Waals surface area contributed by atoms with E-state index in [1.165, 1.54) is 25.3 Å². The second-order valence-electron chi connectivity index (χ2n) is 6.45. The number of piperazine rings is 1. The number of phenols is 1. The van der Waals surface area contributed by atoms with E-state index >= 15 is 0 Å². The first-order chi connectivity index (χ1) is 10.7. The highest BCUT2D eigenvalue weighted by Gasteiger charge is 2.33. The summed E-state index contributed by atoms with van der Waals surface area (Å²) in [6.07, 6.45) is 6.00. The molecule has 3 rings (SSSR count). The molecule has 1 heterocycles. The molecule has 1 atom stereocenters. The number of rotatable bonds is 3. The molecule has 5 heteroatoms. The third-order valence-corrected chi connectivity index (χ3v) is 5.24. The van der Waals surface area contributed by atoms with Gasteiger partial charge in [-0.2, -0.15) is 0 Å². The van der Waals surface area contributed by atoms with Crippen molar-refractivity contribution in [2.75, 3.05) is 26.2 Å². The van der Waals surface area contributed by atoms with E-state index in [2.05, 4.69) is 10.2 Å². The number of benzene rings is 1. The molecule has 1 aromatic rings. The average Bonchev–Trinajstić information content (AvgIpc) is 2.54. The van der Waals surface area contributed by atoms with Crippen molar-refractivity contribution in [3.63, 3.8) is 0 Å². The second-order valence-corrected chi connectivity index (χ2v) is 6.89. The maximum absolute atomic E-state index is 14.0. The minimum atomic E-state index is -0.613. The maximum atomic E-state index is 14.0. The number of halogens is 2. The topological polar surface area (TPSA) is 35.5 Å². The van der Waals surface area contributed by atoms with Gasteiger partial charge in [-0.15, -0.1) is 0 Å². The van der Waals surface area contributed by atoms with E-state index in [1.807, 2.05) is 0 Å². The predicted octanol–water partition coefficient (Wildman–Crippen LogP) is 3.71. The fourth-order valence-corrected chi connectivity index (χ4v) is 4.18.